The van der Waals surface area contributed by atoms with Gasteiger partial charge in [-0.25, -0.2) is 0 Å². The van der Waals surface area contributed by atoms with Gasteiger partial charge in [0.05, 0.1) is 18.5 Å². The van der Waals surface area contributed by atoms with Gasteiger partial charge in [-0.15, -0.1) is 0 Å². The summed E-state index contributed by atoms with van der Waals surface area (Å²) >= 11 is 7.19. The zero-order valence-corrected chi connectivity index (χ0v) is 9.48. The molecule has 0 fully saturated rings. The summed E-state index contributed by atoms with van der Waals surface area (Å²) in [6.45, 7) is 0.367. The summed E-state index contributed by atoms with van der Waals surface area (Å²) in [6.07, 6.45) is -0.421. The summed E-state index contributed by atoms with van der Waals surface area (Å²) in [5.74, 6) is 2.17. The van der Waals surface area contributed by atoms with Crippen molar-refractivity contribution in [1.82, 2.24) is 0 Å². The quantitative estimate of drug-likeness (QED) is 0.822. The molecule has 1 rings (SSSR count). The van der Waals surface area contributed by atoms with E-state index in [0.717, 1.165) is 5.76 Å². The summed E-state index contributed by atoms with van der Waals surface area (Å²) in [7, 11) is 1.57. The second-order valence-electron chi connectivity index (χ2n) is 2.83. The van der Waals surface area contributed by atoms with Gasteiger partial charge in [-0.1, -0.05) is 0 Å². The van der Waals surface area contributed by atoms with Gasteiger partial charge in [0, 0.05) is 12.9 Å². The van der Waals surface area contributed by atoms with Gasteiger partial charge in [0.25, 0.3) is 0 Å². The molecular formula is C9H13ClO3S. The molecule has 0 aliphatic heterocycles. The van der Waals surface area contributed by atoms with Crippen molar-refractivity contribution in [3.63, 3.8) is 0 Å². The van der Waals surface area contributed by atoms with Crippen LogP contribution >= 0.6 is 23.4 Å². The summed E-state index contributed by atoms with van der Waals surface area (Å²) in [4.78, 5) is 0. The van der Waals surface area contributed by atoms with Crippen LogP contribution in [0.25, 0.3) is 0 Å². The fraction of sp³-hybridized carbons (Fsp3) is 0.556. The van der Waals surface area contributed by atoms with Crippen molar-refractivity contribution in [2.45, 2.75) is 11.9 Å². The molecule has 0 amide bonds. The zero-order valence-electron chi connectivity index (χ0n) is 7.90. The van der Waals surface area contributed by atoms with Gasteiger partial charge in [0.2, 0.25) is 0 Å². The van der Waals surface area contributed by atoms with Gasteiger partial charge >= 0.3 is 0 Å². The monoisotopic (exact) mass is 236 g/mol. The number of ether oxygens (including phenoxy) is 1. The molecule has 0 spiro atoms. The lowest BCUT2D eigenvalue weighted by Crippen LogP contribution is -2.16. The van der Waals surface area contributed by atoms with Crippen LogP contribution < -0.4 is 0 Å². The van der Waals surface area contributed by atoms with Gasteiger partial charge < -0.3 is 14.3 Å². The number of hydrogen-bond donors (Lipinski definition) is 1. The molecule has 1 N–H and O–H groups in total. The minimum absolute atomic E-state index is 0.367. The maximum Gasteiger partial charge on any atom is 0.193 e. The summed E-state index contributed by atoms with van der Waals surface area (Å²) in [5.41, 5.74) is 0. The fourth-order valence-electron chi connectivity index (χ4n) is 0.965. The second-order valence-corrected chi connectivity index (χ2v) is 4.23. The van der Waals surface area contributed by atoms with Crippen LogP contribution in [0.15, 0.2) is 16.5 Å². The molecule has 1 heterocycles. The van der Waals surface area contributed by atoms with Crippen LogP contribution in [-0.2, 0) is 10.5 Å². The molecule has 0 radical (unpaired) electrons. The Hall–Kier alpha value is -0.160. The maximum absolute atomic E-state index is 9.33. The summed E-state index contributed by atoms with van der Waals surface area (Å²) in [6, 6.07) is 3.54. The molecule has 1 unspecified atom stereocenters. The van der Waals surface area contributed by atoms with Crippen LogP contribution in [0.3, 0.4) is 0 Å². The molecule has 1 atom stereocenters. The smallest absolute Gasteiger partial charge is 0.193 e. The third-order valence-corrected chi connectivity index (χ3v) is 2.85. The lowest BCUT2D eigenvalue weighted by Gasteiger charge is -2.07. The summed E-state index contributed by atoms with van der Waals surface area (Å²) < 4.78 is 9.96. The number of furan rings is 1. The molecule has 0 aliphatic carbocycles. The van der Waals surface area contributed by atoms with Crippen molar-refractivity contribution >= 4 is 23.4 Å². The van der Waals surface area contributed by atoms with Gasteiger partial charge in [0.15, 0.2) is 5.22 Å². The molecule has 5 heteroatoms. The van der Waals surface area contributed by atoms with E-state index in [1.165, 1.54) is 0 Å². The maximum atomic E-state index is 9.33. The molecule has 0 saturated heterocycles. The number of methoxy groups -OCH3 is 1. The molecule has 1 aromatic heterocycles. The highest BCUT2D eigenvalue weighted by Crippen LogP contribution is 2.18. The van der Waals surface area contributed by atoms with Crippen LogP contribution in [-0.4, -0.2) is 30.7 Å². The molecule has 0 aliphatic rings. The lowest BCUT2D eigenvalue weighted by molar-refractivity contribution is 0.0794. The normalized spacial score (nSPS) is 13.1. The highest BCUT2D eigenvalue weighted by molar-refractivity contribution is 7.98. The second kappa shape index (κ2) is 6.35. The first-order chi connectivity index (χ1) is 6.72. The predicted octanol–water partition coefficient (Wildman–Crippen LogP) is 2.17. The van der Waals surface area contributed by atoms with Crippen molar-refractivity contribution in [2.75, 3.05) is 19.5 Å². The topological polar surface area (TPSA) is 42.6 Å². The van der Waals surface area contributed by atoms with Crippen molar-refractivity contribution in [3.8, 4) is 0 Å². The number of rotatable bonds is 6. The van der Waals surface area contributed by atoms with Crippen LogP contribution in [0.5, 0.6) is 0 Å². The summed E-state index contributed by atoms with van der Waals surface area (Å²) in [5, 5.41) is 9.73. The van der Waals surface area contributed by atoms with E-state index in [0.29, 0.717) is 23.3 Å². The van der Waals surface area contributed by atoms with Gasteiger partial charge in [-0.2, -0.15) is 11.8 Å². The van der Waals surface area contributed by atoms with Crippen molar-refractivity contribution in [1.29, 1.82) is 0 Å². The first kappa shape index (κ1) is 11.9. The van der Waals surface area contributed by atoms with E-state index in [-0.39, 0.29) is 0 Å². The van der Waals surface area contributed by atoms with E-state index >= 15 is 0 Å². The van der Waals surface area contributed by atoms with Crippen LogP contribution in [0, 0.1) is 0 Å². The Morgan fingerprint density at radius 1 is 1.64 bits per heavy atom. The zero-order chi connectivity index (χ0) is 10.4. The molecule has 1 aromatic rings. The van der Waals surface area contributed by atoms with Gasteiger partial charge in [0.1, 0.15) is 5.76 Å². The predicted molar refractivity (Wildman–Crippen MR) is 57.8 cm³/mol. The highest BCUT2D eigenvalue weighted by Gasteiger charge is 2.05. The minimum atomic E-state index is -0.421. The van der Waals surface area contributed by atoms with Crippen molar-refractivity contribution in [2.24, 2.45) is 0 Å². The Bertz CT molecular complexity index is 264. The molecule has 0 aromatic carbocycles. The van der Waals surface area contributed by atoms with E-state index in [1.54, 1.807) is 24.9 Å². The van der Waals surface area contributed by atoms with E-state index in [9.17, 15) is 5.11 Å². The van der Waals surface area contributed by atoms with Crippen LogP contribution in [0.4, 0.5) is 0 Å². The molecule has 14 heavy (non-hydrogen) atoms. The molecule has 80 valence electrons. The average Bonchev–Trinajstić information content (AvgIpc) is 2.52. The Labute approximate surface area is 92.4 Å². The molecular weight excluding hydrogens is 224 g/mol. The Kier molecular flexibility index (Phi) is 5.40. The first-order valence-corrected chi connectivity index (χ1v) is 5.74. The SMILES string of the molecule is COCC(O)CSCc1ccc(Cl)o1. The first-order valence-electron chi connectivity index (χ1n) is 4.21. The largest absolute Gasteiger partial charge is 0.449 e. The number of thioether (sulfide) groups is 1. The standard InChI is InChI=1S/C9H13ClO3S/c1-12-4-7(11)5-14-6-8-2-3-9(10)13-8/h2-3,7,11H,4-6H2,1H3. The van der Waals surface area contributed by atoms with E-state index < -0.39 is 6.10 Å². The Morgan fingerprint density at radius 2 is 2.43 bits per heavy atom. The lowest BCUT2D eigenvalue weighted by atomic mass is 10.4. The van der Waals surface area contributed by atoms with E-state index in [2.05, 4.69) is 0 Å². The number of hydrogen-bond acceptors (Lipinski definition) is 4. The molecule has 0 saturated carbocycles. The fourth-order valence-corrected chi connectivity index (χ4v) is 1.97. The molecule has 0 bridgehead atoms. The third-order valence-electron chi connectivity index (χ3n) is 1.54. The van der Waals surface area contributed by atoms with Crippen LogP contribution in [0.1, 0.15) is 5.76 Å². The van der Waals surface area contributed by atoms with E-state index in [4.69, 9.17) is 20.8 Å². The minimum Gasteiger partial charge on any atom is -0.449 e. The van der Waals surface area contributed by atoms with Gasteiger partial charge in [-0.05, 0) is 23.7 Å². The third kappa shape index (κ3) is 4.37. The van der Waals surface area contributed by atoms with Crippen molar-refractivity contribution < 1.29 is 14.3 Å². The Balaban J connectivity index is 2.15. The molecule has 3 nitrogen and oxygen atoms in total. The number of aliphatic hydroxyl groups is 1. The average molecular weight is 237 g/mol. The van der Waals surface area contributed by atoms with Gasteiger partial charge in [-0.3, -0.25) is 0 Å². The van der Waals surface area contributed by atoms with E-state index in [1.807, 2.05) is 6.07 Å². The number of aliphatic hydroxyl groups excluding tert-OH is 1. The number of halogens is 1. The van der Waals surface area contributed by atoms with Crippen molar-refractivity contribution in [3.05, 3.63) is 23.1 Å². The highest BCUT2D eigenvalue weighted by atomic mass is 35.5. The van der Waals surface area contributed by atoms with Crippen LogP contribution in [0.2, 0.25) is 5.22 Å². The Morgan fingerprint density at radius 3 is 3.00 bits per heavy atom.